The second-order valence-electron chi connectivity index (χ2n) is 9.90. The molecule has 2 saturated carbocycles. The second kappa shape index (κ2) is 8.88. The summed E-state index contributed by atoms with van der Waals surface area (Å²) in [5.41, 5.74) is 3.87. The van der Waals surface area contributed by atoms with E-state index >= 15 is 0 Å². The van der Waals surface area contributed by atoms with Crippen LogP contribution in [-0.4, -0.2) is 10.2 Å². The van der Waals surface area contributed by atoms with E-state index in [0.29, 0.717) is 10.8 Å². The van der Waals surface area contributed by atoms with Gasteiger partial charge >= 0.3 is 0 Å². The molecule has 0 unspecified atom stereocenters. The van der Waals surface area contributed by atoms with Crippen molar-refractivity contribution in [2.45, 2.75) is 110 Å². The van der Waals surface area contributed by atoms with Gasteiger partial charge in [-0.25, -0.2) is 0 Å². The van der Waals surface area contributed by atoms with Crippen LogP contribution in [0.25, 0.3) is 0 Å². The van der Waals surface area contributed by atoms with E-state index in [-0.39, 0.29) is 11.5 Å². The van der Waals surface area contributed by atoms with Crippen LogP contribution in [0.1, 0.15) is 108 Å². The number of aryl methyl sites for hydroxylation is 2. The Bertz CT molecular complexity index is 611. The van der Waals surface area contributed by atoms with Crippen LogP contribution in [-0.2, 0) is 12.8 Å². The Kier molecular flexibility index (Phi) is 6.76. The molecule has 1 aromatic rings. The van der Waals surface area contributed by atoms with Crippen LogP contribution in [0, 0.1) is 10.8 Å². The molecule has 0 bridgehead atoms. The molecule has 2 aliphatic rings. The summed E-state index contributed by atoms with van der Waals surface area (Å²) in [6.07, 6.45) is 19.5. The maximum Gasteiger partial charge on any atom is 0.157 e. The van der Waals surface area contributed by atoms with E-state index in [2.05, 4.69) is 13.8 Å². The summed E-state index contributed by atoms with van der Waals surface area (Å²) in [5, 5.41) is 19.9. The second-order valence-corrected chi connectivity index (χ2v) is 9.90. The van der Waals surface area contributed by atoms with Crippen molar-refractivity contribution in [1.82, 2.24) is 0 Å². The zero-order chi connectivity index (χ0) is 19.3. The number of hydrogen-bond donors (Lipinski definition) is 2. The number of benzene rings is 1. The highest BCUT2D eigenvalue weighted by Crippen LogP contribution is 2.52. The minimum Gasteiger partial charge on any atom is -0.504 e. The summed E-state index contributed by atoms with van der Waals surface area (Å²) >= 11 is 0. The molecule has 3 rings (SSSR count). The minimum absolute atomic E-state index is 0.0397. The molecule has 2 fully saturated rings. The predicted octanol–water partition coefficient (Wildman–Crippen LogP) is 7.29. The first-order valence-corrected chi connectivity index (χ1v) is 11.5. The Balaban J connectivity index is 1.41. The van der Waals surface area contributed by atoms with E-state index in [4.69, 9.17) is 0 Å². The Morgan fingerprint density at radius 3 is 1.70 bits per heavy atom. The van der Waals surface area contributed by atoms with Crippen molar-refractivity contribution in [3.63, 3.8) is 0 Å². The average Bonchev–Trinajstić information content (AvgIpc) is 3.57. The molecule has 2 heteroatoms. The minimum atomic E-state index is 0.0397. The van der Waals surface area contributed by atoms with E-state index in [9.17, 15) is 10.2 Å². The van der Waals surface area contributed by atoms with Crippen molar-refractivity contribution in [2.24, 2.45) is 10.8 Å². The van der Waals surface area contributed by atoms with Crippen molar-refractivity contribution in [3.8, 4) is 11.5 Å². The Morgan fingerprint density at radius 1 is 0.741 bits per heavy atom. The third kappa shape index (κ3) is 6.16. The lowest BCUT2D eigenvalue weighted by Gasteiger charge is -2.14. The van der Waals surface area contributed by atoms with Crippen LogP contribution in [0.2, 0.25) is 0 Å². The van der Waals surface area contributed by atoms with Gasteiger partial charge in [0.05, 0.1) is 0 Å². The highest BCUT2D eigenvalue weighted by Gasteiger charge is 2.39. The van der Waals surface area contributed by atoms with Crippen LogP contribution >= 0.6 is 0 Å². The fourth-order valence-corrected chi connectivity index (χ4v) is 4.59. The SMILES string of the molecule is CCC1(CCCCCc2cc(O)c(O)cc2CCCCCC2(C)CC2)CC1. The van der Waals surface area contributed by atoms with Gasteiger partial charge in [-0.2, -0.15) is 0 Å². The molecule has 0 heterocycles. The largest absolute Gasteiger partial charge is 0.504 e. The summed E-state index contributed by atoms with van der Waals surface area (Å²) in [7, 11) is 0. The zero-order valence-corrected chi connectivity index (χ0v) is 17.7. The third-order valence-electron chi connectivity index (χ3n) is 7.49. The van der Waals surface area contributed by atoms with Gasteiger partial charge < -0.3 is 10.2 Å². The quantitative estimate of drug-likeness (QED) is 0.282. The van der Waals surface area contributed by atoms with Crippen LogP contribution in [0.3, 0.4) is 0 Å². The van der Waals surface area contributed by atoms with Crippen LogP contribution in [0.5, 0.6) is 11.5 Å². The summed E-state index contributed by atoms with van der Waals surface area (Å²) in [6.45, 7) is 4.75. The van der Waals surface area contributed by atoms with Gasteiger partial charge in [0, 0.05) is 0 Å². The first kappa shape index (κ1) is 20.6. The molecule has 152 valence electrons. The van der Waals surface area contributed by atoms with Gasteiger partial charge in [0.25, 0.3) is 0 Å². The number of phenolic OH excluding ortho intramolecular Hbond substituents is 2. The van der Waals surface area contributed by atoms with Gasteiger partial charge in [-0.05, 0) is 98.3 Å². The van der Waals surface area contributed by atoms with E-state index in [1.54, 1.807) is 0 Å². The van der Waals surface area contributed by atoms with Gasteiger partial charge in [-0.1, -0.05) is 46.0 Å². The summed E-state index contributed by atoms with van der Waals surface area (Å²) in [4.78, 5) is 0. The number of unbranched alkanes of at least 4 members (excludes halogenated alkanes) is 4. The molecule has 0 aromatic heterocycles. The highest BCUT2D eigenvalue weighted by molar-refractivity contribution is 5.45. The number of hydrogen-bond acceptors (Lipinski definition) is 2. The maximum absolute atomic E-state index is 9.93. The van der Waals surface area contributed by atoms with Crippen molar-refractivity contribution in [1.29, 1.82) is 0 Å². The van der Waals surface area contributed by atoms with Gasteiger partial charge in [0.2, 0.25) is 0 Å². The van der Waals surface area contributed by atoms with Crippen LogP contribution in [0.4, 0.5) is 0 Å². The molecule has 2 nitrogen and oxygen atoms in total. The molecule has 0 saturated heterocycles. The third-order valence-corrected chi connectivity index (χ3v) is 7.49. The Morgan fingerprint density at radius 2 is 1.26 bits per heavy atom. The molecule has 1 aromatic carbocycles. The fraction of sp³-hybridized carbons (Fsp3) is 0.760. The number of aromatic hydroxyl groups is 2. The molecule has 0 radical (unpaired) electrons. The van der Waals surface area contributed by atoms with Crippen LogP contribution in [0.15, 0.2) is 12.1 Å². The van der Waals surface area contributed by atoms with Gasteiger partial charge in [0.1, 0.15) is 0 Å². The van der Waals surface area contributed by atoms with E-state index < -0.39 is 0 Å². The number of phenols is 2. The van der Waals surface area contributed by atoms with Gasteiger partial charge in [-0.3, -0.25) is 0 Å². The molecule has 0 aliphatic heterocycles. The van der Waals surface area contributed by atoms with E-state index in [0.717, 1.165) is 12.8 Å². The lowest BCUT2D eigenvalue weighted by atomic mass is 9.93. The highest BCUT2D eigenvalue weighted by atomic mass is 16.3. The standard InChI is InChI=1S/C25H40O2/c1-3-25(16-17-25)13-9-5-7-11-21-19-23(27)22(26)18-20(21)10-6-4-8-12-24(2)14-15-24/h18-19,26-27H,3-17H2,1-2H3. The molecule has 0 amide bonds. The summed E-state index contributed by atoms with van der Waals surface area (Å²) < 4.78 is 0. The van der Waals surface area contributed by atoms with E-state index in [1.165, 1.54) is 94.6 Å². The Hall–Kier alpha value is -1.18. The number of rotatable bonds is 13. The molecule has 27 heavy (non-hydrogen) atoms. The molecule has 2 N–H and O–H groups in total. The van der Waals surface area contributed by atoms with Crippen LogP contribution < -0.4 is 0 Å². The monoisotopic (exact) mass is 372 g/mol. The molecular weight excluding hydrogens is 332 g/mol. The molecule has 0 atom stereocenters. The Labute approximate surface area is 166 Å². The normalized spacial score (nSPS) is 19.2. The van der Waals surface area contributed by atoms with Crippen molar-refractivity contribution >= 4 is 0 Å². The zero-order valence-electron chi connectivity index (χ0n) is 17.7. The van der Waals surface area contributed by atoms with Crippen molar-refractivity contribution in [2.75, 3.05) is 0 Å². The summed E-state index contributed by atoms with van der Waals surface area (Å²) in [5.74, 6) is 0.0798. The topological polar surface area (TPSA) is 40.5 Å². The van der Waals surface area contributed by atoms with Crippen molar-refractivity contribution < 1.29 is 10.2 Å². The lowest BCUT2D eigenvalue weighted by molar-refractivity contribution is 0.401. The fourth-order valence-electron chi connectivity index (χ4n) is 4.59. The summed E-state index contributed by atoms with van der Waals surface area (Å²) in [6, 6.07) is 3.62. The van der Waals surface area contributed by atoms with Gasteiger partial charge in [0.15, 0.2) is 11.5 Å². The smallest absolute Gasteiger partial charge is 0.157 e. The van der Waals surface area contributed by atoms with E-state index in [1.807, 2.05) is 12.1 Å². The van der Waals surface area contributed by atoms with Gasteiger partial charge in [-0.15, -0.1) is 0 Å². The lowest BCUT2D eigenvalue weighted by Crippen LogP contribution is -1.99. The molecule has 2 aliphatic carbocycles. The maximum atomic E-state index is 9.93. The average molecular weight is 373 g/mol. The predicted molar refractivity (Wildman–Crippen MR) is 113 cm³/mol. The first-order valence-electron chi connectivity index (χ1n) is 11.5. The first-order chi connectivity index (χ1) is 13.0. The molecule has 0 spiro atoms. The van der Waals surface area contributed by atoms with Crippen molar-refractivity contribution in [3.05, 3.63) is 23.3 Å². The molecular formula is C25H40O2.